The second kappa shape index (κ2) is 6.95. The van der Waals surface area contributed by atoms with Gasteiger partial charge >= 0.3 is 5.97 Å². The van der Waals surface area contributed by atoms with Crippen LogP contribution in [0.1, 0.15) is 33.6 Å². The van der Waals surface area contributed by atoms with Crippen LogP contribution in [0.3, 0.4) is 0 Å². The molecule has 0 saturated carbocycles. The number of aliphatic carboxylic acids is 1. The fraction of sp³-hybridized carbons (Fsp3) is 0.500. The third-order valence-electron chi connectivity index (χ3n) is 3.25. The van der Waals surface area contributed by atoms with Crippen molar-refractivity contribution in [2.45, 2.75) is 44.0 Å². The maximum absolute atomic E-state index is 12.8. The Labute approximate surface area is 121 Å². The first kappa shape index (κ1) is 16.8. The minimum atomic E-state index is -1.57. The molecule has 1 aromatic carbocycles. The molecule has 4 nitrogen and oxygen atoms in total. The molecule has 112 valence electrons. The van der Waals surface area contributed by atoms with E-state index in [-0.39, 0.29) is 0 Å². The topological polar surface area (TPSA) is 57.6 Å². The van der Waals surface area contributed by atoms with Crippen LogP contribution in [0.2, 0.25) is 0 Å². The van der Waals surface area contributed by atoms with Gasteiger partial charge in [0.2, 0.25) is 0 Å². The van der Waals surface area contributed by atoms with E-state index in [1.54, 1.807) is 6.92 Å². The molecule has 2 unspecified atom stereocenters. The molecule has 1 fully saturated rings. The Morgan fingerprint density at radius 3 is 2.40 bits per heavy atom. The summed E-state index contributed by atoms with van der Waals surface area (Å²) in [6.07, 6.45) is 1.16. The summed E-state index contributed by atoms with van der Waals surface area (Å²) < 4.78 is 26.6. The second-order valence-electron chi connectivity index (χ2n) is 4.49. The van der Waals surface area contributed by atoms with Crippen LogP contribution in [0.15, 0.2) is 29.2 Å². The summed E-state index contributed by atoms with van der Waals surface area (Å²) in [4.78, 5) is 11.7. The number of carbonyl (C=O) groups is 1. The highest BCUT2D eigenvalue weighted by molar-refractivity contribution is 7.82. The van der Waals surface area contributed by atoms with Crippen molar-refractivity contribution < 1.29 is 18.5 Å². The predicted octanol–water partition coefficient (Wildman–Crippen LogP) is 2.81. The average molecular weight is 301 g/mol. The van der Waals surface area contributed by atoms with Gasteiger partial charge in [0.25, 0.3) is 0 Å². The zero-order valence-electron chi connectivity index (χ0n) is 11.9. The molecule has 0 radical (unpaired) electrons. The lowest BCUT2D eigenvalue weighted by Crippen LogP contribution is -2.48. The SMILES string of the molecule is CC.CC1(C(=O)O)CCCN1S(=O)c1ccc(F)cc1. The summed E-state index contributed by atoms with van der Waals surface area (Å²) >= 11 is 0. The van der Waals surface area contributed by atoms with Gasteiger partial charge in [-0.05, 0) is 44.0 Å². The normalized spacial score (nSPS) is 23.8. The number of rotatable bonds is 3. The summed E-state index contributed by atoms with van der Waals surface area (Å²) in [5.41, 5.74) is -1.11. The van der Waals surface area contributed by atoms with Crippen molar-refractivity contribution in [1.29, 1.82) is 0 Å². The van der Waals surface area contributed by atoms with Crippen LogP contribution in [0.5, 0.6) is 0 Å². The summed E-state index contributed by atoms with van der Waals surface area (Å²) in [6, 6.07) is 5.29. The van der Waals surface area contributed by atoms with Crippen molar-refractivity contribution in [3.8, 4) is 0 Å². The van der Waals surface area contributed by atoms with Crippen molar-refractivity contribution >= 4 is 17.0 Å². The van der Waals surface area contributed by atoms with Crippen LogP contribution in [0.25, 0.3) is 0 Å². The maximum Gasteiger partial charge on any atom is 0.324 e. The third-order valence-corrected chi connectivity index (χ3v) is 4.91. The molecule has 1 N–H and O–H groups in total. The fourth-order valence-corrected chi connectivity index (χ4v) is 3.55. The van der Waals surface area contributed by atoms with E-state index in [1.807, 2.05) is 13.8 Å². The smallest absolute Gasteiger partial charge is 0.324 e. The van der Waals surface area contributed by atoms with E-state index in [9.17, 15) is 18.5 Å². The largest absolute Gasteiger partial charge is 0.480 e. The van der Waals surface area contributed by atoms with Crippen LogP contribution < -0.4 is 0 Å². The molecule has 0 aromatic heterocycles. The van der Waals surface area contributed by atoms with Gasteiger partial charge in [0, 0.05) is 6.54 Å². The highest BCUT2D eigenvalue weighted by Gasteiger charge is 2.46. The molecule has 1 aliphatic rings. The van der Waals surface area contributed by atoms with Crippen LogP contribution in [0.4, 0.5) is 4.39 Å². The highest BCUT2D eigenvalue weighted by atomic mass is 32.2. The van der Waals surface area contributed by atoms with Gasteiger partial charge < -0.3 is 5.11 Å². The number of carboxylic acids is 1. The molecule has 0 aliphatic carbocycles. The van der Waals surface area contributed by atoms with Gasteiger partial charge in [-0.2, -0.15) is 0 Å². The number of nitrogens with zero attached hydrogens (tertiary/aromatic N) is 1. The summed E-state index contributed by atoms with van der Waals surface area (Å²) in [5.74, 6) is -1.38. The molecule has 2 atom stereocenters. The highest BCUT2D eigenvalue weighted by Crippen LogP contribution is 2.32. The van der Waals surface area contributed by atoms with Crippen molar-refractivity contribution in [2.24, 2.45) is 0 Å². The third kappa shape index (κ3) is 3.24. The number of hydrogen-bond acceptors (Lipinski definition) is 2. The molecule has 1 aliphatic heterocycles. The van der Waals surface area contributed by atoms with E-state index in [4.69, 9.17) is 0 Å². The minimum Gasteiger partial charge on any atom is -0.480 e. The molecular weight excluding hydrogens is 281 g/mol. The van der Waals surface area contributed by atoms with Crippen molar-refractivity contribution in [3.05, 3.63) is 30.1 Å². The Hall–Kier alpha value is -1.27. The van der Waals surface area contributed by atoms with Gasteiger partial charge in [0.1, 0.15) is 22.3 Å². The van der Waals surface area contributed by atoms with E-state index in [2.05, 4.69) is 0 Å². The molecule has 0 spiro atoms. The zero-order chi connectivity index (χ0) is 15.3. The first-order valence-corrected chi connectivity index (χ1v) is 7.74. The molecule has 6 heteroatoms. The quantitative estimate of drug-likeness (QED) is 0.934. The average Bonchev–Trinajstić information content (AvgIpc) is 2.84. The van der Waals surface area contributed by atoms with Crippen molar-refractivity contribution in [1.82, 2.24) is 4.31 Å². The molecule has 1 heterocycles. The Balaban J connectivity index is 0.000000956. The number of halogens is 1. The second-order valence-corrected chi connectivity index (χ2v) is 5.90. The molecule has 2 rings (SSSR count). The van der Waals surface area contributed by atoms with E-state index >= 15 is 0 Å². The van der Waals surface area contributed by atoms with E-state index in [0.717, 1.165) is 0 Å². The number of carboxylic acid groups (broad SMARTS) is 1. The zero-order valence-corrected chi connectivity index (χ0v) is 12.7. The van der Waals surface area contributed by atoms with Gasteiger partial charge in [-0.3, -0.25) is 4.79 Å². The lowest BCUT2D eigenvalue weighted by atomic mass is 10.0. The van der Waals surface area contributed by atoms with Gasteiger partial charge in [-0.15, -0.1) is 0 Å². The molecule has 0 bridgehead atoms. The van der Waals surface area contributed by atoms with Crippen molar-refractivity contribution in [2.75, 3.05) is 6.54 Å². The standard InChI is InChI=1S/C12H14FNO3S.C2H6/c1-12(11(15)16)7-2-8-14(12)18(17)10-5-3-9(13)4-6-10;1-2/h3-6H,2,7-8H2,1H3,(H,15,16);1-2H3. The molecule has 0 amide bonds. The van der Waals surface area contributed by atoms with Crippen LogP contribution in [-0.2, 0) is 15.8 Å². The molecule has 1 aromatic rings. The molecule has 1 saturated heterocycles. The number of benzene rings is 1. The molecular formula is C14H20FNO3S. The summed E-state index contributed by atoms with van der Waals surface area (Å²) in [6.45, 7) is 6.04. The fourth-order valence-electron chi connectivity index (χ4n) is 2.10. The van der Waals surface area contributed by atoms with Gasteiger partial charge in [-0.1, -0.05) is 13.8 Å². The Morgan fingerprint density at radius 2 is 1.90 bits per heavy atom. The van der Waals surface area contributed by atoms with Crippen LogP contribution >= 0.6 is 0 Å². The van der Waals surface area contributed by atoms with Gasteiger partial charge in [-0.25, -0.2) is 12.9 Å². The van der Waals surface area contributed by atoms with Crippen LogP contribution in [-0.4, -0.2) is 31.7 Å². The Morgan fingerprint density at radius 1 is 1.35 bits per heavy atom. The van der Waals surface area contributed by atoms with Crippen molar-refractivity contribution in [3.63, 3.8) is 0 Å². The Bertz CT molecular complexity index is 492. The van der Waals surface area contributed by atoms with Gasteiger partial charge in [0.05, 0.1) is 4.90 Å². The lowest BCUT2D eigenvalue weighted by molar-refractivity contribution is -0.146. The van der Waals surface area contributed by atoms with Crippen LogP contribution in [0, 0.1) is 5.82 Å². The van der Waals surface area contributed by atoms with E-state index in [1.165, 1.54) is 28.6 Å². The summed E-state index contributed by atoms with van der Waals surface area (Å²) in [7, 11) is -1.57. The predicted molar refractivity (Wildman–Crippen MR) is 76.1 cm³/mol. The number of hydrogen-bond donors (Lipinski definition) is 1. The monoisotopic (exact) mass is 301 g/mol. The van der Waals surface area contributed by atoms with Gasteiger partial charge in [0.15, 0.2) is 0 Å². The van der Waals surface area contributed by atoms with E-state index in [0.29, 0.717) is 24.3 Å². The minimum absolute atomic E-state index is 0.404. The first-order chi connectivity index (χ1) is 9.45. The maximum atomic E-state index is 12.8. The molecule has 20 heavy (non-hydrogen) atoms. The van der Waals surface area contributed by atoms with E-state index < -0.39 is 28.3 Å². The Kier molecular flexibility index (Phi) is 5.83. The summed E-state index contributed by atoms with van der Waals surface area (Å²) in [5, 5.41) is 9.25. The lowest BCUT2D eigenvalue weighted by Gasteiger charge is -2.29. The first-order valence-electron chi connectivity index (χ1n) is 6.63.